The number of halogens is 4. The Morgan fingerprint density at radius 3 is 2.59 bits per heavy atom. The molecule has 0 spiro atoms. The first kappa shape index (κ1) is 21.3. The van der Waals surface area contributed by atoms with Gasteiger partial charge in [-0.3, -0.25) is 14.3 Å². The molecule has 7 nitrogen and oxygen atoms in total. The van der Waals surface area contributed by atoms with Gasteiger partial charge >= 0.3 is 6.18 Å². The SMILES string of the molecule is CSc1ccc(CNc2nc3c(C)nc(Cl)nc3n(C(C)C(F)(F)F)c2=O)nc1. The van der Waals surface area contributed by atoms with Crippen molar-refractivity contribution in [2.45, 2.75) is 37.5 Å². The van der Waals surface area contributed by atoms with Crippen molar-refractivity contribution in [1.29, 1.82) is 0 Å². The van der Waals surface area contributed by atoms with E-state index in [0.717, 1.165) is 11.8 Å². The smallest absolute Gasteiger partial charge is 0.360 e. The van der Waals surface area contributed by atoms with Gasteiger partial charge in [0.2, 0.25) is 5.28 Å². The summed E-state index contributed by atoms with van der Waals surface area (Å²) >= 11 is 7.33. The molecule has 12 heteroatoms. The van der Waals surface area contributed by atoms with E-state index < -0.39 is 17.8 Å². The number of alkyl halides is 3. The lowest BCUT2D eigenvalue weighted by molar-refractivity contribution is -0.162. The molecule has 154 valence electrons. The van der Waals surface area contributed by atoms with E-state index in [1.165, 1.54) is 18.7 Å². The second-order valence-electron chi connectivity index (χ2n) is 6.15. The van der Waals surface area contributed by atoms with E-state index in [2.05, 4.69) is 25.3 Å². The topological polar surface area (TPSA) is 85.6 Å². The lowest BCUT2D eigenvalue weighted by atomic mass is 10.3. The Kier molecular flexibility index (Phi) is 5.99. The van der Waals surface area contributed by atoms with Crippen LogP contribution in [0.2, 0.25) is 5.28 Å². The summed E-state index contributed by atoms with van der Waals surface area (Å²) in [4.78, 5) is 29.9. The van der Waals surface area contributed by atoms with Gasteiger partial charge in [0.1, 0.15) is 11.6 Å². The minimum Gasteiger partial charge on any atom is -0.360 e. The second-order valence-corrected chi connectivity index (χ2v) is 7.36. The molecule has 0 fully saturated rings. The fraction of sp³-hybridized carbons (Fsp3) is 0.353. The number of rotatable bonds is 5. The highest BCUT2D eigenvalue weighted by atomic mass is 35.5. The van der Waals surface area contributed by atoms with Crippen LogP contribution < -0.4 is 10.9 Å². The van der Waals surface area contributed by atoms with Crippen LogP contribution in [-0.2, 0) is 6.54 Å². The van der Waals surface area contributed by atoms with Crippen LogP contribution in [0.4, 0.5) is 19.0 Å². The van der Waals surface area contributed by atoms with Crippen molar-refractivity contribution in [1.82, 2.24) is 24.5 Å². The van der Waals surface area contributed by atoms with Crippen molar-refractivity contribution < 1.29 is 13.2 Å². The van der Waals surface area contributed by atoms with Crippen LogP contribution in [0.3, 0.4) is 0 Å². The van der Waals surface area contributed by atoms with Crippen LogP contribution in [0.5, 0.6) is 0 Å². The predicted molar refractivity (Wildman–Crippen MR) is 105 cm³/mol. The summed E-state index contributed by atoms with van der Waals surface area (Å²) in [5.41, 5.74) is -0.321. The number of aryl methyl sites for hydroxylation is 1. The number of thioether (sulfide) groups is 1. The molecule has 0 saturated heterocycles. The van der Waals surface area contributed by atoms with E-state index in [0.29, 0.717) is 10.3 Å². The van der Waals surface area contributed by atoms with Gasteiger partial charge in [0.05, 0.1) is 17.9 Å². The number of pyridine rings is 1. The van der Waals surface area contributed by atoms with Crippen molar-refractivity contribution in [3.8, 4) is 0 Å². The molecule has 1 atom stereocenters. The lowest BCUT2D eigenvalue weighted by Gasteiger charge is -2.21. The summed E-state index contributed by atoms with van der Waals surface area (Å²) in [6.07, 6.45) is -1.09. The number of aromatic nitrogens is 5. The molecule has 0 aliphatic carbocycles. The third kappa shape index (κ3) is 4.45. The highest BCUT2D eigenvalue weighted by Crippen LogP contribution is 2.31. The zero-order valence-corrected chi connectivity index (χ0v) is 17.2. The molecule has 3 aromatic rings. The van der Waals surface area contributed by atoms with Crippen LogP contribution in [0.15, 0.2) is 28.0 Å². The third-order valence-electron chi connectivity index (χ3n) is 4.22. The zero-order valence-electron chi connectivity index (χ0n) is 15.6. The van der Waals surface area contributed by atoms with Crippen molar-refractivity contribution in [2.24, 2.45) is 0 Å². The first-order chi connectivity index (χ1) is 13.6. The van der Waals surface area contributed by atoms with Gasteiger partial charge in [-0.2, -0.15) is 18.2 Å². The summed E-state index contributed by atoms with van der Waals surface area (Å²) in [5, 5.41) is 2.51. The Morgan fingerprint density at radius 2 is 2.00 bits per heavy atom. The van der Waals surface area contributed by atoms with Crippen molar-refractivity contribution in [2.75, 3.05) is 11.6 Å². The quantitative estimate of drug-likeness (QED) is 0.470. The van der Waals surface area contributed by atoms with E-state index in [1.807, 2.05) is 12.3 Å². The van der Waals surface area contributed by atoms with E-state index >= 15 is 0 Å². The minimum atomic E-state index is -4.67. The summed E-state index contributed by atoms with van der Waals surface area (Å²) in [6, 6.07) is 1.47. The van der Waals surface area contributed by atoms with E-state index in [4.69, 9.17) is 11.6 Å². The highest BCUT2D eigenvalue weighted by molar-refractivity contribution is 7.98. The molecule has 1 N–H and O–H groups in total. The molecule has 0 aliphatic rings. The van der Waals surface area contributed by atoms with E-state index in [-0.39, 0.29) is 34.5 Å². The molecular weight excluding hydrogens is 429 g/mol. The maximum atomic E-state index is 13.4. The van der Waals surface area contributed by atoms with Crippen molar-refractivity contribution in [3.63, 3.8) is 0 Å². The average Bonchev–Trinajstić information content (AvgIpc) is 2.66. The predicted octanol–water partition coefficient (Wildman–Crippen LogP) is 4.00. The molecule has 1 unspecified atom stereocenters. The molecule has 0 aromatic carbocycles. The Labute approximate surface area is 172 Å². The Hall–Kier alpha value is -2.40. The molecule has 3 aromatic heterocycles. The fourth-order valence-electron chi connectivity index (χ4n) is 2.62. The van der Waals surface area contributed by atoms with Crippen molar-refractivity contribution >= 4 is 40.3 Å². The largest absolute Gasteiger partial charge is 0.409 e. The standard InChI is InChI=1S/C17H16ClF3N6OS/c1-8-12-14(26-16(18)24-8)27(9(2)17(19,20)21)15(28)13(25-12)23-6-10-4-5-11(29-3)7-22-10/h4-5,7,9H,6H2,1-3H3,(H,23,25). The number of nitrogens with zero attached hydrogens (tertiary/aromatic N) is 5. The Balaban J connectivity index is 2.09. The molecule has 29 heavy (non-hydrogen) atoms. The highest BCUT2D eigenvalue weighted by Gasteiger charge is 2.39. The molecule has 0 amide bonds. The maximum Gasteiger partial charge on any atom is 0.409 e. The number of hydrogen-bond acceptors (Lipinski definition) is 7. The van der Waals surface area contributed by atoms with E-state index in [1.54, 1.807) is 12.3 Å². The van der Waals surface area contributed by atoms with Crippen LogP contribution in [0.25, 0.3) is 11.2 Å². The molecule has 0 aliphatic heterocycles. The van der Waals surface area contributed by atoms with Crippen LogP contribution in [0, 0.1) is 6.92 Å². The lowest BCUT2D eigenvalue weighted by Crippen LogP contribution is -2.35. The first-order valence-corrected chi connectivity index (χ1v) is 9.98. The summed E-state index contributed by atoms with van der Waals surface area (Å²) in [5.74, 6) is -0.252. The molecule has 0 saturated carbocycles. The summed E-state index contributed by atoms with van der Waals surface area (Å²) in [7, 11) is 0. The normalized spacial score (nSPS) is 12.9. The van der Waals surface area contributed by atoms with Crippen LogP contribution in [0.1, 0.15) is 24.4 Å². The third-order valence-corrected chi connectivity index (χ3v) is 5.10. The van der Waals surface area contributed by atoms with Gasteiger partial charge in [-0.25, -0.2) is 9.97 Å². The number of hydrogen-bond donors (Lipinski definition) is 1. The van der Waals surface area contributed by atoms with Gasteiger partial charge in [-0.15, -0.1) is 11.8 Å². The monoisotopic (exact) mass is 444 g/mol. The molecule has 3 rings (SSSR count). The first-order valence-electron chi connectivity index (χ1n) is 8.37. The Bertz CT molecular complexity index is 1100. The maximum absolute atomic E-state index is 13.4. The number of nitrogens with one attached hydrogen (secondary N) is 1. The number of anilines is 1. The van der Waals surface area contributed by atoms with Gasteiger partial charge in [0, 0.05) is 11.1 Å². The van der Waals surface area contributed by atoms with E-state index in [9.17, 15) is 18.0 Å². The van der Waals surface area contributed by atoms with Gasteiger partial charge in [-0.1, -0.05) is 0 Å². The van der Waals surface area contributed by atoms with Crippen LogP contribution in [-0.4, -0.2) is 36.9 Å². The minimum absolute atomic E-state index is 0.0540. The van der Waals surface area contributed by atoms with Gasteiger partial charge in [0.15, 0.2) is 11.5 Å². The number of fused-ring (bicyclic) bond motifs is 1. The molecule has 0 radical (unpaired) electrons. The molecule has 3 heterocycles. The van der Waals surface area contributed by atoms with Crippen LogP contribution >= 0.6 is 23.4 Å². The average molecular weight is 445 g/mol. The second kappa shape index (κ2) is 8.15. The van der Waals surface area contributed by atoms with Gasteiger partial charge in [-0.05, 0) is 43.8 Å². The fourth-order valence-corrected chi connectivity index (χ4v) is 3.19. The Morgan fingerprint density at radius 1 is 1.28 bits per heavy atom. The van der Waals surface area contributed by atoms with Gasteiger partial charge < -0.3 is 5.32 Å². The molecular formula is C17H16ClF3N6OS. The molecule has 0 bridgehead atoms. The van der Waals surface area contributed by atoms with Crippen molar-refractivity contribution in [3.05, 3.63) is 45.4 Å². The summed E-state index contributed by atoms with van der Waals surface area (Å²) in [6.45, 7) is 2.51. The zero-order chi connectivity index (χ0) is 21.3. The van der Waals surface area contributed by atoms with Gasteiger partial charge in [0.25, 0.3) is 5.56 Å². The summed E-state index contributed by atoms with van der Waals surface area (Å²) < 4.78 is 40.8.